The second-order valence-corrected chi connectivity index (χ2v) is 4.63. The van der Waals surface area contributed by atoms with Crippen LogP contribution in [0.2, 0.25) is 0 Å². The summed E-state index contributed by atoms with van der Waals surface area (Å²) in [5.41, 5.74) is 1.23. The molecule has 0 spiro atoms. The van der Waals surface area contributed by atoms with Crippen LogP contribution in [0.1, 0.15) is 29.3 Å². The third kappa shape index (κ3) is 4.11. The largest absolute Gasteiger partial charge is 0.478 e. The van der Waals surface area contributed by atoms with Gasteiger partial charge >= 0.3 is 5.97 Å². The molecule has 1 aromatic rings. The van der Waals surface area contributed by atoms with Crippen LogP contribution in [0.15, 0.2) is 22.7 Å². The molecule has 1 atom stereocenters. The van der Waals surface area contributed by atoms with E-state index in [4.69, 9.17) is 10.2 Å². The smallest absolute Gasteiger partial charge is 0.335 e. The molecule has 0 aliphatic carbocycles. The first-order valence-electron chi connectivity index (χ1n) is 5.44. The van der Waals surface area contributed by atoms with Gasteiger partial charge in [0.2, 0.25) is 0 Å². The van der Waals surface area contributed by atoms with E-state index < -0.39 is 5.97 Å². The van der Waals surface area contributed by atoms with Crippen LogP contribution in [0.25, 0.3) is 0 Å². The Bertz CT molecular complexity index is 391. The summed E-state index contributed by atoms with van der Waals surface area (Å²) >= 11 is 3.34. The minimum absolute atomic E-state index is 0.0704. The van der Waals surface area contributed by atoms with Crippen molar-refractivity contribution in [3.8, 4) is 0 Å². The molecular formula is C12H16BrNO3. The highest BCUT2D eigenvalue weighted by molar-refractivity contribution is 9.10. The summed E-state index contributed by atoms with van der Waals surface area (Å²) in [6.45, 7) is 2.69. The maximum absolute atomic E-state index is 10.8. The van der Waals surface area contributed by atoms with Crippen LogP contribution in [-0.2, 0) is 6.54 Å². The summed E-state index contributed by atoms with van der Waals surface area (Å²) in [6.07, 6.45) is 0.849. The Morgan fingerprint density at radius 3 is 2.71 bits per heavy atom. The Labute approximate surface area is 109 Å². The summed E-state index contributed by atoms with van der Waals surface area (Å²) in [4.78, 5) is 10.8. The Morgan fingerprint density at radius 1 is 1.53 bits per heavy atom. The highest BCUT2D eigenvalue weighted by Gasteiger charge is 2.08. The van der Waals surface area contributed by atoms with Gasteiger partial charge in [0.15, 0.2) is 0 Å². The molecule has 0 aliphatic rings. The van der Waals surface area contributed by atoms with Crippen molar-refractivity contribution < 1.29 is 15.0 Å². The van der Waals surface area contributed by atoms with E-state index in [-0.39, 0.29) is 18.2 Å². The topological polar surface area (TPSA) is 69.6 Å². The van der Waals surface area contributed by atoms with Crippen molar-refractivity contribution in [2.75, 3.05) is 6.61 Å². The van der Waals surface area contributed by atoms with Crippen LogP contribution in [0.4, 0.5) is 0 Å². The molecule has 0 saturated carbocycles. The third-order valence-electron chi connectivity index (χ3n) is 2.59. The molecule has 0 amide bonds. The number of aromatic carboxylic acids is 1. The molecule has 0 radical (unpaired) electrons. The van der Waals surface area contributed by atoms with Crippen molar-refractivity contribution in [2.24, 2.45) is 0 Å². The van der Waals surface area contributed by atoms with Gasteiger partial charge in [0.1, 0.15) is 0 Å². The molecule has 1 rings (SSSR count). The summed E-state index contributed by atoms with van der Waals surface area (Å²) in [5.74, 6) is -0.938. The van der Waals surface area contributed by atoms with Crippen molar-refractivity contribution in [1.82, 2.24) is 5.32 Å². The number of carboxylic acid groups (broad SMARTS) is 1. The lowest BCUT2D eigenvalue weighted by Crippen LogP contribution is -2.31. The molecule has 0 fully saturated rings. The number of rotatable bonds is 6. The van der Waals surface area contributed by atoms with Gasteiger partial charge in [0.25, 0.3) is 0 Å². The van der Waals surface area contributed by atoms with Crippen molar-refractivity contribution in [3.63, 3.8) is 0 Å². The Kier molecular flexibility index (Phi) is 5.61. The Morgan fingerprint density at radius 2 is 2.24 bits per heavy atom. The molecule has 0 unspecified atom stereocenters. The number of benzene rings is 1. The minimum atomic E-state index is -0.938. The highest BCUT2D eigenvalue weighted by Crippen LogP contribution is 2.18. The molecule has 17 heavy (non-hydrogen) atoms. The fourth-order valence-electron chi connectivity index (χ4n) is 1.42. The van der Waals surface area contributed by atoms with Crippen LogP contribution in [0, 0.1) is 0 Å². The lowest BCUT2D eigenvalue weighted by molar-refractivity contribution is 0.0697. The average molecular weight is 302 g/mol. The van der Waals surface area contributed by atoms with Gasteiger partial charge in [0.05, 0.1) is 12.2 Å². The fourth-order valence-corrected chi connectivity index (χ4v) is 1.93. The molecular weight excluding hydrogens is 286 g/mol. The summed E-state index contributed by atoms with van der Waals surface area (Å²) < 4.78 is 0.762. The molecule has 5 heteroatoms. The summed E-state index contributed by atoms with van der Waals surface area (Å²) in [7, 11) is 0. The number of aliphatic hydroxyl groups is 1. The molecule has 3 N–H and O–H groups in total. The van der Waals surface area contributed by atoms with E-state index in [1.165, 1.54) is 0 Å². The van der Waals surface area contributed by atoms with E-state index in [0.717, 1.165) is 16.5 Å². The molecule has 0 saturated heterocycles. The molecule has 94 valence electrons. The van der Waals surface area contributed by atoms with Crippen molar-refractivity contribution in [1.29, 1.82) is 0 Å². The van der Waals surface area contributed by atoms with Gasteiger partial charge < -0.3 is 15.5 Å². The molecule has 0 bridgehead atoms. The number of aliphatic hydroxyl groups excluding tert-OH is 1. The first-order chi connectivity index (χ1) is 8.08. The van der Waals surface area contributed by atoms with Crippen molar-refractivity contribution >= 4 is 21.9 Å². The summed E-state index contributed by atoms with van der Waals surface area (Å²) in [6, 6.07) is 4.99. The number of hydrogen-bond acceptors (Lipinski definition) is 3. The molecule has 1 aromatic carbocycles. The standard InChI is InChI=1S/C12H16BrNO3/c1-2-10(7-15)14-6-9-4-3-8(12(16)17)5-11(9)13/h3-5,10,14-15H,2,6-7H2,1H3,(H,16,17)/t10-/m0/s1. The van der Waals surface area contributed by atoms with E-state index in [9.17, 15) is 4.79 Å². The minimum Gasteiger partial charge on any atom is -0.478 e. The van der Waals surface area contributed by atoms with Crippen LogP contribution in [0.5, 0.6) is 0 Å². The second kappa shape index (κ2) is 6.74. The fraction of sp³-hybridized carbons (Fsp3) is 0.417. The number of hydrogen-bond donors (Lipinski definition) is 3. The van der Waals surface area contributed by atoms with E-state index in [1.54, 1.807) is 18.2 Å². The number of carboxylic acids is 1. The van der Waals surface area contributed by atoms with Gasteiger partial charge in [-0.25, -0.2) is 4.79 Å². The quantitative estimate of drug-likeness (QED) is 0.752. The van der Waals surface area contributed by atoms with Gasteiger partial charge in [-0.15, -0.1) is 0 Å². The average Bonchev–Trinajstić information content (AvgIpc) is 2.31. The number of nitrogens with one attached hydrogen (secondary N) is 1. The van der Waals surface area contributed by atoms with Gasteiger partial charge in [-0.3, -0.25) is 0 Å². The van der Waals surface area contributed by atoms with Crippen LogP contribution in [-0.4, -0.2) is 28.8 Å². The normalized spacial score (nSPS) is 12.4. The molecule has 0 aromatic heterocycles. The monoisotopic (exact) mass is 301 g/mol. The van der Waals surface area contributed by atoms with Gasteiger partial charge in [-0.1, -0.05) is 28.9 Å². The second-order valence-electron chi connectivity index (χ2n) is 3.78. The van der Waals surface area contributed by atoms with Crippen LogP contribution < -0.4 is 5.32 Å². The van der Waals surface area contributed by atoms with E-state index >= 15 is 0 Å². The predicted molar refractivity (Wildman–Crippen MR) is 69.1 cm³/mol. The number of carbonyl (C=O) groups is 1. The molecule has 0 heterocycles. The number of halogens is 1. The zero-order valence-corrected chi connectivity index (χ0v) is 11.2. The lowest BCUT2D eigenvalue weighted by atomic mass is 10.1. The van der Waals surface area contributed by atoms with Gasteiger partial charge in [-0.2, -0.15) is 0 Å². The van der Waals surface area contributed by atoms with E-state index in [2.05, 4.69) is 21.2 Å². The van der Waals surface area contributed by atoms with Gasteiger partial charge in [0, 0.05) is 17.1 Å². The molecule has 0 aliphatic heterocycles. The third-order valence-corrected chi connectivity index (χ3v) is 3.33. The Hall–Kier alpha value is -0.910. The van der Waals surface area contributed by atoms with Crippen LogP contribution in [0.3, 0.4) is 0 Å². The van der Waals surface area contributed by atoms with E-state index in [1.807, 2.05) is 6.92 Å². The zero-order valence-electron chi connectivity index (χ0n) is 9.61. The van der Waals surface area contributed by atoms with Crippen LogP contribution >= 0.6 is 15.9 Å². The van der Waals surface area contributed by atoms with Crippen molar-refractivity contribution in [3.05, 3.63) is 33.8 Å². The Balaban J connectivity index is 2.69. The summed E-state index contributed by atoms with van der Waals surface area (Å²) in [5, 5.41) is 21.1. The maximum atomic E-state index is 10.8. The van der Waals surface area contributed by atoms with Gasteiger partial charge in [-0.05, 0) is 24.1 Å². The zero-order chi connectivity index (χ0) is 12.8. The SMILES string of the molecule is CC[C@@H](CO)NCc1ccc(C(=O)O)cc1Br. The lowest BCUT2D eigenvalue weighted by Gasteiger charge is -2.14. The first-order valence-corrected chi connectivity index (χ1v) is 6.23. The van der Waals surface area contributed by atoms with Crippen molar-refractivity contribution in [2.45, 2.75) is 25.9 Å². The molecule has 4 nitrogen and oxygen atoms in total. The highest BCUT2D eigenvalue weighted by atomic mass is 79.9. The maximum Gasteiger partial charge on any atom is 0.335 e. The van der Waals surface area contributed by atoms with E-state index in [0.29, 0.717) is 6.54 Å². The predicted octanol–water partition coefficient (Wildman–Crippen LogP) is 2.01. The first kappa shape index (κ1) is 14.2.